The summed E-state index contributed by atoms with van der Waals surface area (Å²) in [4.78, 5) is 29.5. The standard InChI is InChI=1S/C17H19N5O/c1-13-8-19-16(20-9-13)21-6-4-17(11-21)7-15(23)22(12-17)14-3-2-5-18-10-14/h2-3,5,8-10H,4,6-7,11-12H2,1H3. The fourth-order valence-corrected chi connectivity index (χ4v) is 3.57. The van der Waals surface area contributed by atoms with Crippen molar-refractivity contribution < 1.29 is 4.79 Å². The molecule has 2 aromatic heterocycles. The smallest absolute Gasteiger partial charge is 0.227 e. The minimum absolute atomic E-state index is 0.00116. The zero-order chi connectivity index (χ0) is 15.9. The fourth-order valence-electron chi connectivity index (χ4n) is 3.57. The Kier molecular flexibility index (Phi) is 3.25. The Morgan fingerprint density at radius 3 is 2.74 bits per heavy atom. The van der Waals surface area contributed by atoms with E-state index in [9.17, 15) is 4.79 Å². The van der Waals surface area contributed by atoms with Crippen LogP contribution in [0.1, 0.15) is 18.4 Å². The summed E-state index contributed by atoms with van der Waals surface area (Å²) in [6.45, 7) is 4.46. The SMILES string of the molecule is Cc1cnc(N2CCC3(CC(=O)N(c4cccnc4)C3)C2)nc1. The summed E-state index contributed by atoms with van der Waals surface area (Å²) in [5, 5.41) is 0. The van der Waals surface area contributed by atoms with Crippen molar-refractivity contribution in [3.8, 4) is 0 Å². The molecular formula is C17H19N5O. The number of hydrogen-bond donors (Lipinski definition) is 0. The van der Waals surface area contributed by atoms with Crippen molar-refractivity contribution in [3.63, 3.8) is 0 Å². The van der Waals surface area contributed by atoms with E-state index in [2.05, 4.69) is 19.9 Å². The van der Waals surface area contributed by atoms with Crippen molar-refractivity contribution in [2.45, 2.75) is 19.8 Å². The van der Waals surface area contributed by atoms with Crippen LogP contribution in [0.4, 0.5) is 11.6 Å². The van der Waals surface area contributed by atoms with Gasteiger partial charge in [-0.05, 0) is 31.0 Å². The highest BCUT2D eigenvalue weighted by Crippen LogP contribution is 2.42. The van der Waals surface area contributed by atoms with Gasteiger partial charge in [-0.25, -0.2) is 9.97 Å². The highest BCUT2D eigenvalue weighted by atomic mass is 16.2. The van der Waals surface area contributed by atoms with Crippen LogP contribution in [0.5, 0.6) is 0 Å². The van der Waals surface area contributed by atoms with Gasteiger partial charge in [0.2, 0.25) is 11.9 Å². The Bertz CT molecular complexity index is 718. The molecule has 0 saturated carbocycles. The third kappa shape index (κ3) is 2.54. The van der Waals surface area contributed by atoms with Crippen LogP contribution in [-0.2, 0) is 4.79 Å². The first-order chi connectivity index (χ1) is 11.2. The molecule has 0 bridgehead atoms. The molecule has 0 radical (unpaired) electrons. The number of anilines is 2. The molecular weight excluding hydrogens is 290 g/mol. The largest absolute Gasteiger partial charge is 0.340 e. The van der Waals surface area contributed by atoms with Crippen LogP contribution >= 0.6 is 0 Å². The predicted molar refractivity (Wildman–Crippen MR) is 87.2 cm³/mol. The van der Waals surface area contributed by atoms with E-state index in [4.69, 9.17) is 0 Å². The number of carbonyl (C=O) groups is 1. The van der Waals surface area contributed by atoms with E-state index in [1.807, 2.05) is 36.4 Å². The zero-order valence-corrected chi connectivity index (χ0v) is 13.1. The second-order valence-corrected chi connectivity index (χ2v) is 6.60. The average molecular weight is 309 g/mol. The number of carbonyl (C=O) groups excluding carboxylic acids is 1. The molecule has 6 heteroatoms. The summed E-state index contributed by atoms with van der Waals surface area (Å²) in [6.07, 6.45) is 8.75. The van der Waals surface area contributed by atoms with E-state index < -0.39 is 0 Å². The van der Waals surface area contributed by atoms with E-state index in [-0.39, 0.29) is 11.3 Å². The Hall–Kier alpha value is -2.50. The van der Waals surface area contributed by atoms with Gasteiger partial charge in [0, 0.05) is 50.1 Å². The highest BCUT2D eigenvalue weighted by Gasteiger charge is 2.48. The molecule has 6 nitrogen and oxygen atoms in total. The molecule has 1 unspecified atom stereocenters. The first kappa shape index (κ1) is 14.1. The Labute approximate surface area is 135 Å². The Morgan fingerprint density at radius 1 is 1.17 bits per heavy atom. The van der Waals surface area contributed by atoms with Crippen molar-refractivity contribution in [3.05, 3.63) is 42.5 Å². The van der Waals surface area contributed by atoms with Crippen LogP contribution < -0.4 is 9.80 Å². The van der Waals surface area contributed by atoms with E-state index >= 15 is 0 Å². The molecule has 2 aliphatic rings. The van der Waals surface area contributed by atoms with Crippen molar-refractivity contribution in [2.75, 3.05) is 29.4 Å². The normalized spacial score (nSPS) is 24.0. The summed E-state index contributed by atoms with van der Waals surface area (Å²) in [5.74, 6) is 0.949. The molecule has 2 aliphatic heterocycles. The quantitative estimate of drug-likeness (QED) is 0.846. The number of aromatic nitrogens is 3. The molecule has 23 heavy (non-hydrogen) atoms. The van der Waals surface area contributed by atoms with E-state index in [1.54, 1.807) is 12.4 Å². The van der Waals surface area contributed by atoms with Crippen LogP contribution in [0.2, 0.25) is 0 Å². The van der Waals surface area contributed by atoms with Gasteiger partial charge >= 0.3 is 0 Å². The lowest BCUT2D eigenvalue weighted by Crippen LogP contribution is -2.31. The third-order valence-corrected chi connectivity index (χ3v) is 4.77. The van der Waals surface area contributed by atoms with Crippen molar-refractivity contribution >= 4 is 17.5 Å². The minimum atomic E-state index is 0.00116. The molecule has 1 atom stereocenters. The lowest BCUT2D eigenvalue weighted by Gasteiger charge is -2.24. The second-order valence-electron chi connectivity index (χ2n) is 6.60. The molecule has 4 rings (SSSR count). The van der Waals surface area contributed by atoms with Crippen LogP contribution in [0.25, 0.3) is 0 Å². The van der Waals surface area contributed by atoms with Crippen molar-refractivity contribution in [2.24, 2.45) is 5.41 Å². The first-order valence-electron chi connectivity index (χ1n) is 7.89. The maximum absolute atomic E-state index is 12.5. The Morgan fingerprint density at radius 2 is 2.00 bits per heavy atom. The summed E-state index contributed by atoms with van der Waals surface area (Å²) in [6, 6.07) is 3.81. The fraction of sp³-hybridized carbons (Fsp3) is 0.412. The summed E-state index contributed by atoms with van der Waals surface area (Å²) >= 11 is 0. The number of pyridine rings is 1. The monoisotopic (exact) mass is 309 g/mol. The first-order valence-corrected chi connectivity index (χ1v) is 7.89. The van der Waals surface area contributed by atoms with Gasteiger partial charge in [0.15, 0.2) is 0 Å². The van der Waals surface area contributed by atoms with Crippen molar-refractivity contribution in [1.82, 2.24) is 15.0 Å². The van der Waals surface area contributed by atoms with Crippen LogP contribution in [0.15, 0.2) is 36.9 Å². The van der Waals surface area contributed by atoms with E-state index in [0.717, 1.165) is 43.3 Å². The number of nitrogens with zero attached hydrogens (tertiary/aromatic N) is 5. The van der Waals surface area contributed by atoms with Crippen LogP contribution in [0.3, 0.4) is 0 Å². The molecule has 2 aromatic rings. The minimum Gasteiger partial charge on any atom is -0.340 e. The van der Waals surface area contributed by atoms with Gasteiger partial charge in [0.05, 0.1) is 11.9 Å². The number of amides is 1. The molecule has 0 aromatic carbocycles. The molecule has 118 valence electrons. The molecule has 2 fully saturated rings. The number of rotatable bonds is 2. The topological polar surface area (TPSA) is 62.2 Å². The molecule has 0 N–H and O–H groups in total. The summed E-state index contributed by atoms with van der Waals surface area (Å²) < 4.78 is 0. The van der Waals surface area contributed by atoms with Gasteiger partial charge in [0.25, 0.3) is 0 Å². The summed E-state index contributed by atoms with van der Waals surface area (Å²) in [5.41, 5.74) is 1.95. The van der Waals surface area contributed by atoms with Gasteiger partial charge in [-0.3, -0.25) is 9.78 Å². The molecule has 0 aliphatic carbocycles. The highest BCUT2D eigenvalue weighted by molar-refractivity contribution is 5.96. The van der Waals surface area contributed by atoms with Gasteiger partial charge < -0.3 is 9.80 Å². The number of aryl methyl sites for hydroxylation is 1. The lowest BCUT2D eigenvalue weighted by molar-refractivity contribution is -0.117. The lowest BCUT2D eigenvalue weighted by atomic mass is 9.86. The average Bonchev–Trinajstić information content (AvgIpc) is 3.12. The van der Waals surface area contributed by atoms with Gasteiger partial charge in [0.1, 0.15) is 0 Å². The van der Waals surface area contributed by atoms with Gasteiger partial charge in [-0.1, -0.05) is 0 Å². The predicted octanol–water partition coefficient (Wildman–Crippen LogP) is 1.81. The van der Waals surface area contributed by atoms with Crippen LogP contribution in [0, 0.1) is 12.3 Å². The van der Waals surface area contributed by atoms with Crippen LogP contribution in [-0.4, -0.2) is 40.5 Å². The molecule has 2 saturated heterocycles. The Balaban J connectivity index is 1.52. The molecule has 4 heterocycles. The van der Waals surface area contributed by atoms with Gasteiger partial charge in [-0.2, -0.15) is 0 Å². The maximum atomic E-state index is 12.5. The number of hydrogen-bond acceptors (Lipinski definition) is 5. The maximum Gasteiger partial charge on any atom is 0.227 e. The third-order valence-electron chi connectivity index (χ3n) is 4.77. The van der Waals surface area contributed by atoms with E-state index in [1.165, 1.54) is 0 Å². The molecule has 1 spiro atoms. The molecule has 1 amide bonds. The van der Waals surface area contributed by atoms with Crippen molar-refractivity contribution in [1.29, 1.82) is 0 Å². The van der Waals surface area contributed by atoms with E-state index in [0.29, 0.717) is 6.42 Å². The second kappa shape index (κ2) is 5.30. The summed E-state index contributed by atoms with van der Waals surface area (Å²) in [7, 11) is 0. The zero-order valence-electron chi connectivity index (χ0n) is 13.1. The van der Waals surface area contributed by atoms with Gasteiger partial charge in [-0.15, -0.1) is 0 Å².